The van der Waals surface area contributed by atoms with Gasteiger partial charge in [-0.2, -0.15) is 0 Å². The van der Waals surface area contributed by atoms with E-state index >= 15 is 0 Å². The van der Waals surface area contributed by atoms with Crippen LogP contribution in [0.3, 0.4) is 0 Å². The van der Waals surface area contributed by atoms with Crippen LogP contribution in [-0.4, -0.2) is 6.71 Å². The van der Waals surface area contributed by atoms with Crippen LogP contribution in [-0.2, 0) is 10.8 Å². The number of fused-ring (bicyclic) bond motifs is 4. The van der Waals surface area contributed by atoms with Crippen LogP contribution in [0.2, 0.25) is 0 Å². The van der Waals surface area contributed by atoms with Crippen molar-refractivity contribution in [1.29, 1.82) is 0 Å². The minimum absolute atomic E-state index is 0.0465. The monoisotopic (exact) mass is 458 g/mol. The van der Waals surface area contributed by atoms with Gasteiger partial charge in [0.05, 0.1) is 0 Å². The van der Waals surface area contributed by atoms with Gasteiger partial charge < -0.3 is 9.47 Å². The second-order valence-electron chi connectivity index (χ2n) is 11.9. The molecule has 0 radical (unpaired) electrons. The Morgan fingerprint density at radius 3 is 1.46 bits per heavy atom. The van der Waals surface area contributed by atoms with Gasteiger partial charge in [0.15, 0.2) is 0 Å². The first-order valence-electron chi connectivity index (χ1n) is 12.5. The van der Waals surface area contributed by atoms with E-state index in [9.17, 15) is 0 Å². The predicted molar refractivity (Wildman–Crippen MR) is 147 cm³/mol. The molecule has 0 N–H and O–H groups in total. The van der Waals surface area contributed by atoms with E-state index in [1.165, 1.54) is 22.1 Å². The summed E-state index contributed by atoms with van der Waals surface area (Å²) in [5.41, 5.74) is 8.42. The zero-order chi connectivity index (χ0) is 24.5. The van der Waals surface area contributed by atoms with Gasteiger partial charge in [-0.1, -0.05) is 96.1 Å². The van der Waals surface area contributed by atoms with Gasteiger partial charge in [-0.3, -0.25) is 0 Å². The summed E-state index contributed by atoms with van der Waals surface area (Å²) < 4.78 is 13.3. The molecule has 0 atom stereocenters. The van der Waals surface area contributed by atoms with Crippen LogP contribution < -0.4 is 25.9 Å². The van der Waals surface area contributed by atoms with Gasteiger partial charge >= 0.3 is 0 Å². The second-order valence-corrected chi connectivity index (χ2v) is 11.9. The first-order valence-corrected chi connectivity index (χ1v) is 12.5. The molecule has 2 aliphatic heterocycles. The normalized spacial score (nSPS) is 13.8. The molecule has 2 nitrogen and oxygen atoms in total. The van der Waals surface area contributed by atoms with E-state index in [0.717, 1.165) is 39.6 Å². The summed E-state index contributed by atoms with van der Waals surface area (Å²) in [6.45, 7) is 13.6. The van der Waals surface area contributed by atoms with Gasteiger partial charge in [0.25, 0.3) is 6.71 Å². The van der Waals surface area contributed by atoms with Crippen LogP contribution in [0.5, 0.6) is 23.0 Å². The summed E-state index contributed by atoms with van der Waals surface area (Å²) >= 11 is 0. The van der Waals surface area contributed by atoms with Gasteiger partial charge in [-0.25, -0.2) is 0 Å². The molecule has 0 bridgehead atoms. The molecule has 174 valence electrons. The van der Waals surface area contributed by atoms with Crippen molar-refractivity contribution in [1.82, 2.24) is 0 Å². The Kier molecular flexibility index (Phi) is 4.73. The summed E-state index contributed by atoms with van der Waals surface area (Å²) in [7, 11) is 0. The third kappa shape index (κ3) is 3.65. The van der Waals surface area contributed by atoms with E-state index < -0.39 is 0 Å². The molecular weight excluding hydrogens is 427 g/mol. The molecule has 0 fully saturated rings. The van der Waals surface area contributed by atoms with Crippen LogP contribution in [0.15, 0.2) is 78.9 Å². The van der Waals surface area contributed by atoms with Crippen LogP contribution in [0.4, 0.5) is 0 Å². The molecule has 0 spiro atoms. The Labute approximate surface area is 209 Å². The summed E-state index contributed by atoms with van der Waals surface area (Å²) in [5.74, 6) is 3.66. The van der Waals surface area contributed by atoms with E-state index in [1.807, 2.05) is 6.07 Å². The van der Waals surface area contributed by atoms with Crippen molar-refractivity contribution in [2.45, 2.75) is 52.4 Å². The SMILES string of the molecule is CC(C)(C)c1ccc2c(c1)Oc1cc(-c3ccccc3)cc3c1B2c1ccc(C(C)(C)C)cc1O3. The van der Waals surface area contributed by atoms with Crippen LogP contribution in [0.1, 0.15) is 52.7 Å². The summed E-state index contributed by atoms with van der Waals surface area (Å²) in [6.07, 6.45) is 0. The van der Waals surface area contributed by atoms with Crippen molar-refractivity contribution < 1.29 is 9.47 Å². The first-order chi connectivity index (χ1) is 16.6. The van der Waals surface area contributed by atoms with Gasteiger partial charge in [-0.15, -0.1) is 0 Å². The molecule has 2 aliphatic rings. The molecule has 6 rings (SSSR count). The highest BCUT2D eigenvalue weighted by Gasteiger charge is 2.41. The molecule has 0 unspecified atom stereocenters. The third-order valence-corrected chi connectivity index (χ3v) is 7.32. The Hall–Kier alpha value is -3.46. The predicted octanol–water partition coefficient (Wildman–Crippen LogP) is 6.68. The molecule has 35 heavy (non-hydrogen) atoms. The standard InChI is InChI=1S/C32H31BO2/c1-31(2,3)22-12-14-24-26(18-22)34-28-16-21(20-10-8-7-9-11-20)17-29-30(28)33(24)25-15-13-23(32(4,5)6)19-27(25)35-29/h7-19H,1-6H3. The summed E-state index contributed by atoms with van der Waals surface area (Å²) in [4.78, 5) is 0. The highest BCUT2D eigenvalue weighted by atomic mass is 16.5. The largest absolute Gasteiger partial charge is 0.458 e. The Balaban J connectivity index is 1.60. The maximum absolute atomic E-state index is 6.64. The lowest BCUT2D eigenvalue weighted by Crippen LogP contribution is -2.57. The van der Waals surface area contributed by atoms with Crippen molar-refractivity contribution in [3.8, 4) is 34.1 Å². The number of hydrogen-bond acceptors (Lipinski definition) is 2. The van der Waals surface area contributed by atoms with Crippen LogP contribution in [0.25, 0.3) is 11.1 Å². The fourth-order valence-electron chi connectivity index (χ4n) is 5.22. The second kappa shape index (κ2) is 7.52. The topological polar surface area (TPSA) is 18.5 Å². The minimum atomic E-state index is 0.0465. The highest BCUT2D eigenvalue weighted by molar-refractivity contribution is 6.98. The van der Waals surface area contributed by atoms with Crippen LogP contribution in [0, 0.1) is 0 Å². The Bertz CT molecular complexity index is 1370. The Morgan fingerprint density at radius 2 is 1.00 bits per heavy atom. The molecule has 0 saturated carbocycles. The molecule has 0 amide bonds. The van der Waals surface area contributed by atoms with Crippen molar-refractivity contribution >= 4 is 23.1 Å². The average Bonchev–Trinajstić information content (AvgIpc) is 2.82. The van der Waals surface area contributed by atoms with Gasteiger partial charge in [-0.05, 0) is 68.3 Å². The summed E-state index contributed by atoms with van der Waals surface area (Å²) in [5, 5.41) is 0. The number of rotatable bonds is 1. The quantitative estimate of drug-likeness (QED) is 0.256. The van der Waals surface area contributed by atoms with Crippen molar-refractivity contribution in [2.24, 2.45) is 0 Å². The van der Waals surface area contributed by atoms with Crippen molar-refractivity contribution in [2.75, 3.05) is 0 Å². The molecule has 0 saturated heterocycles. The van der Waals surface area contributed by atoms with Crippen molar-refractivity contribution in [3.05, 3.63) is 90.0 Å². The number of ether oxygens (including phenoxy) is 2. The maximum atomic E-state index is 6.64. The molecule has 4 aromatic carbocycles. The fourth-order valence-corrected chi connectivity index (χ4v) is 5.22. The average molecular weight is 458 g/mol. The molecular formula is C32H31BO2. The number of benzene rings is 4. The lowest BCUT2D eigenvalue weighted by Gasteiger charge is -2.35. The van der Waals surface area contributed by atoms with E-state index in [-0.39, 0.29) is 17.5 Å². The maximum Gasteiger partial charge on any atom is 0.260 e. The van der Waals surface area contributed by atoms with Crippen LogP contribution >= 0.6 is 0 Å². The summed E-state index contributed by atoms with van der Waals surface area (Å²) in [6, 6.07) is 28.3. The molecule has 2 heterocycles. The van der Waals surface area contributed by atoms with E-state index in [1.54, 1.807) is 0 Å². The zero-order valence-electron chi connectivity index (χ0n) is 21.4. The van der Waals surface area contributed by atoms with Gasteiger partial charge in [0, 0.05) is 5.46 Å². The van der Waals surface area contributed by atoms with Gasteiger partial charge in [0.2, 0.25) is 0 Å². The Morgan fingerprint density at radius 1 is 0.514 bits per heavy atom. The zero-order valence-corrected chi connectivity index (χ0v) is 21.4. The van der Waals surface area contributed by atoms with E-state index in [4.69, 9.17) is 9.47 Å². The molecule has 3 heteroatoms. The van der Waals surface area contributed by atoms with E-state index in [0.29, 0.717) is 0 Å². The minimum Gasteiger partial charge on any atom is -0.458 e. The van der Waals surface area contributed by atoms with Crippen molar-refractivity contribution in [3.63, 3.8) is 0 Å². The molecule has 0 aliphatic carbocycles. The lowest BCUT2D eigenvalue weighted by molar-refractivity contribution is 0.461. The molecule has 0 aromatic heterocycles. The van der Waals surface area contributed by atoms with Gasteiger partial charge in [0.1, 0.15) is 23.0 Å². The molecule has 4 aromatic rings. The highest BCUT2D eigenvalue weighted by Crippen LogP contribution is 2.40. The lowest BCUT2D eigenvalue weighted by atomic mass is 9.34. The fraction of sp³-hybridized carbons (Fsp3) is 0.250. The number of hydrogen-bond donors (Lipinski definition) is 0. The smallest absolute Gasteiger partial charge is 0.260 e. The third-order valence-electron chi connectivity index (χ3n) is 7.32. The first kappa shape index (κ1) is 22.0. The van der Waals surface area contributed by atoms with E-state index in [2.05, 4.69) is 114 Å².